The standard InChI is InChI=1S/C23H16ClNO2/c24-17-11-13-18(14-12-17)25-21(26)19-20(22(25)27)23(19,15-7-3-1-4-8-15)16-9-5-2-6-10-16/h1-14,19-20H/t19-,20-/m1/s1. The van der Waals surface area contributed by atoms with Crippen LogP contribution in [0, 0.1) is 11.8 Å². The van der Waals surface area contributed by atoms with Gasteiger partial charge in [-0.3, -0.25) is 9.59 Å². The van der Waals surface area contributed by atoms with Gasteiger partial charge in [0, 0.05) is 10.4 Å². The molecule has 2 atom stereocenters. The second-order valence-corrected chi connectivity index (χ2v) is 7.48. The molecule has 4 heteroatoms. The van der Waals surface area contributed by atoms with Gasteiger partial charge in [-0.25, -0.2) is 4.90 Å². The topological polar surface area (TPSA) is 37.4 Å². The Morgan fingerprint density at radius 3 is 1.56 bits per heavy atom. The lowest BCUT2D eigenvalue weighted by atomic mass is 9.83. The highest BCUT2D eigenvalue weighted by Crippen LogP contribution is 2.68. The van der Waals surface area contributed by atoms with Crippen LogP contribution in [-0.2, 0) is 15.0 Å². The van der Waals surface area contributed by atoms with Crippen LogP contribution >= 0.6 is 11.6 Å². The van der Waals surface area contributed by atoms with Crippen molar-refractivity contribution in [3.05, 3.63) is 101 Å². The molecule has 0 aromatic heterocycles. The van der Waals surface area contributed by atoms with Crippen molar-refractivity contribution < 1.29 is 9.59 Å². The zero-order valence-corrected chi connectivity index (χ0v) is 15.1. The third-order valence-electron chi connectivity index (χ3n) is 5.77. The molecule has 0 N–H and O–H groups in total. The molecule has 1 heterocycles. The van der Waals surface area contributed by atoms with E-state index >= 15 is 0 Å². The zero-order chi connectivity index (χ0) is 18.6. The van der Waals surface area contributed by atoms with Crippen molar-refractivity contribution in [2.75, 3.05) is 4.90 Å². The predicted octanol–water partition coefficient (Wildman–Crippen LogP) is 4.45. The molecule has 3 nitrogen and oxygen atoms in total. The van der Waals surface area contributed by atoms with Gasteiger partial charge >= 0.3 is 0 Å². The van der Waals surface area contributed by atoms with E-state index in [1.807, 2.05) is 60.7 Å². The molecule has 0 radical (unpaired) electrons. The Kier molecular flexibility index (Phi) is 3.49. The number of piperidine rings is 1. The van der Waals surface area contributed by atoms with Crippen LogP contribution in [0.15, 0.2) is 84.9 Å². The first-order valence-corrected chi connectivity index (χ1v) is 9.28. The maximum absolute atomic E-state index is 13.3. The number of amides is 2. The predicted molar refractivity (Wildman–Crippen MR) is 105 cm³/mol. The van der Waals surface area contributed by atoms with Crippen LogP contribution in [0.5, 0.6) is 0 Å². The van der Waals surface area contributed by atoms with Gasteiger partial charge in [-0.2, -0.15) is 0 Å². The molecule has 0 spiro atoms. The molecule has 5 rings (SSSR count). The number of hydrogen-bond donors (Lipinski definition) is 0. The minimum absolute atomic E-state index is 0.139. The van der Waals surface area contributed by atoms with E-state index in [9.17, 15) is 9.59 Å². The van der Waals surface area contributed by atoms with Crippen LogP contribution < -0.4 is 4.90 Å². The molecule has 2 amide bonds. The highest BCUT2D eigenvalue weighted by Gasteiger charge is 2.78. The largest absolute Gasteiger partial charge is 0.274 e. The molecular weight excluding hydrogens is 358 g/mol. The minimum Gasteiger partial charge on any atom is -0.274 e. The highest BCUT2D eigenvalue weighted by atomic mass is 35.5. The summed E-state index contributed by atoms with van der Waals surface area (Å²) in [5.41, 5.74) is 2.04. The first kappa shape index (κ1) is 16.3. The van der Waals surface area contributed by atoms with Gasteiger partial charge in [0.2, 0.25) is 11.8 Å². The summed E-state index contributed by atoms with van der Waals surface area (Å²) in [7, 11) is 0. The van der Waals surface area contributed by atoms with Crippen molar-refractivity contribution in [2.24, 2.45) is 11.8 Å². The third-order valence-corrected chi connectivity index (χ3v) is 6.02. The van der Waals surface area contributed by atoms with Gasteiger partial charge in [-0.05, 0) is 35.4 Å². The van der Waals surface area contributed by atoms with Gasteiger partial charge in [0.15, 0.2) is 0 Å². The quantitative estimate of drug-likeness (QED) is 0.636. The molecule has 2 fully saturated rings. The maximum atomic E-state index is 13.3. The van der Waals surface area contributed by atoms with E-state index in [1.165, 1.54) is 4.90 Å². The van der Waals surface area contributed by atoms with Crippen LogP contribution in [0.1, 0.15) is 11.1 Å². The smallest absolute Gasteiger partial charge is 0.239 e. The minimum atomic E-state index is -0.570. The van der Waals surface area contributed by atoms with Gasteiger partial charge in [0.1, 0.15) is 0 Å². The molecule has 1 saturated carbocycles. The number of hydrogen-bond acceptors (Lipinski definition) is 2. The lowest BCUT2D eigenvalue weighted by molar-refractivity contribution is -0.124. The van der Waals surface area contributed by atoms with E-state index in [0.29, 0.717) is 10.7 Å². The average Bonchev–Trinajstić information content (AvgIpc) is 3.35. The van der Waals surface area contributed by atoms with Crippen molar-refractivity contribution in [2.45, 2.75) is 5.41 Å². The van der Waals surface area contributed by atoms with Crippen molar-refractivity contribution in [1.82, 2.24) is 0 Å². The fourth-order valence-electron chi connectivity index (χ4n) is 4.61. The van der Waals surface area contributed by atoms with Gasteiger partial charge in [0.05, 0.1) is 17.5 Å². The molecule has 27 heavy (non-hydrogen) atoms. The Balaban J connectivity index is 1.61. The summed E-state index contributed by atoms with van der Waals surface area (Å²) >= 11 is 5.95. The van der Waals surface area contributed by atoms with Crippen molar-refractivity contribution in [3.63, 3.8) is 0 Å². The Hall–Kier alpha value is -2.91. The van der Waals surface area contributed by atoms with Crippen LogP contribution in [0.25, 0.3) is 0 Å². The van der Waals surface area contributed by atoms with E-state index in [0.717, 1.165) is 11.1 Å². The first-order valence-electron chi connectivity index (χ1n) is 8.90. The zero-order valence-electron chi connectivity index (χ0n) is 14.4. The van der Waals surface area contributed by atoms with Crippen molar-refractivity contribution >= 4 is 29.1 Å². The molecule has 1 aliphatic heterocycles. The van der Waals surface area contributed by atoms with Crippen LogP contribution in [0.3, 0.4) is 0 Å². The van der Waals surface area contributed by atoms with Crippen molar-refractivity contribution in [3.8, 4) is 0 Å². The molecular formula is C23H16ClNO2. The lowest BCUT2D eigenvalue weighted by Gasteiger charge is -2.26. The Morgan fingerprint density at radius 1 is 0.667 bits per heavy atom. The molecule has 3 aromatic carbocycles. The summed E-state index contributed by atoms with van der Waals surface area (Å²) in [6.45, 7) is 0. The highest BCUT2D eigenvalue weighted by molar-refractivity contribution is 6.31. The number of rotatable bonds is 3. The number of benzene rings is 3. The van der Waals surface area contributed by atoms with Gasteiger partial charge in [0.25, 0.3) is 0 Å². The molecule has 3 aromatic rings. The molecule has 2 aliphatic rings. The lowest BCUT2D eigenvalue weighted by Crippen LogP contribution is -2.39. The summed E-state index contributed by atoms with van der Waals surface area (Å²) in [5.74, 6) is -1.02. The summed E-state index contributed by atoms with van der Waals surface area (Å²) in [6.07, 6.45) is 0. The SMILES string of the molecule is O=C1[C@H]2[C@H](C(=O)N1c1ccc(Cl)cc1)C2(c1ccccc1)c1ccccc1. The Morgan fingerprint density at radius 2 is 1.11 bits per heavy atom. The van der Waals surface area contributed by atoms with E-state index in [-0.39, 0.29) is 23.7 Å². The first-order chi connectivity index (χ1) is 13.2. The van der Waals surface area contributed by atoms with Crippen LogP contribution in [0.2, 0.25) is 5.02 Å². The van der Waals surface area contributed by atoms with E-state index in [1.54, 1.807) is 24.3 Å². The molecule has 1 saturated heterocycles. The van der Waals surface area contributed by atoms with E-state index < -0.39 is 5.41 Å². The normalized spacial score (nSPS) is 22.6. The van der Waals surface area contributed by atoms with E-state index in [2.05, 4.69) is 0 Å². The fraction of sp³-hybridized carbons (Fsp3) is 0.130. The summed E-state index contributed by atoms with van der Waals surface area (Å²) in [5, 5.41) is 0.575. The van der Waals surface area contributed by atoms with E-state index in [4.69, 9.17) is 11.6 Å². The summed E-state index contributed by atoms with van der Waals surface area (Å²) in [4.78, 5) is 27.9. The van der Waals surface area contributed by atoms with Crippen LogP contribution in [-0.4, -0.2) is 11.8 Å². The number of carbonyl (C=O) groups excluding carboxylic acids is 2. The Labute approximate surface area is 162 Å². The number of anilines is 1. The number of fused-ring (bicyclic) bond motifs is 1. The van der Waals surface area contributed by atoms with Gasteiger partial charge < -0.3 is 0 Å². The Bertz CT molecular complexity index is 967. The average molecular weight is 374 g/mol. The fourth-order valence-corrected chi connectivity index (χ4v) is 4.73. The van der Waals surface area contributed by atoms with Gasteiger partial charge in [-0.15, -0.1) is 0 Å². The molecule has 0 bridgehead atoms. The number of nitrogens with zero attached hydrogens (tertiary/aromatic N) is 1. The summed E-state index contributed by atoms with van der Waals surface area (Å²) in [6, 6.07) is 26.6. The number of carbonyl (C=O) groups is 2. The third kappa shape index (κ3) is 2.15. The summed E-state index contributed by atoms with van der Waals surface area (Å²) < 4.78 is 0. The number of halogens is 1. The number of imide groups is 1. The maximum Gasteiger partial charge on any atom is 0.239 e. The second kappa shape index (κ2) is 5.80. The molecule has 0 unspecified atom stereocenters. The monoisotopic (exact) mass is 373 g/mol. The molecule has 132 valence electrons. The molecule has 1 aliphatic carbocycles. The van der Waals surface area contributed by atoms with Crippen molar-refractivity contribution in [1.29, 1.82) is 0 Å². The second-order valence-electron chi connectivity index (χ2n) is 7.04. The van der Waals surface area contributed by atoms with Gasteiger partial charge in [-0.1, -0.05) is 72.3 Å². The van der Waals surface area contributed by atoms with Crippen LogP contribution in [0.4, 0.5) is 5.69 Å².